The zero-order chi connectivity index (χ0) is 16.5. The maximum Gasteiger partial charge on any atom is 0.416 e. The highest BCUT2D eigenvalue weighted by molar-refractivity contribution is 5.85. The third kappa shape index (κ3) is 4.42. The van der Waals surface area contributed by atoms with E-state index in [1.54, 1.807) is 0 Å². The number of morpholine rings is 1. The molecular weight excluding hydrogens is 352 g/mol. The molecular formula is C13H14ClF6NO2. The van der Waals surface area contributed by atoms with Gasteiger partial charge in [0, 0.05) is 12.1 Å². The van der Waals surface area contributed by atoms with E-state index in [2.05, 4.69) is 5.32 Å². The summed E-state index contributed by atoms with van der Waals surface area (Å²) in [5, 5.41) is 2.79. The molecule has 1 aromatic carbocycles. The average molecular weight is 366 g/mol. The lowest BCUT2D eigenvalue weighted by atomic mass is 9.95. The molecule has 1 atom stereocenters. The van der Waals surface area contributed by atoms with Crippen molar-refractivity contribution < 1.29 is 35.8 Å². The molecule has 1 aliphatic heterocycles. The summed E-state index contributed by atoms with van der Waals surface area (Å²) in [5.74, 6) is -0.467. The van der Waals surface area contributed by atoms with E-state index in [4.69, 9.17) is 9.47 Å². The van der Waals surface area contributed by atoms with Crippen LogP contribution in [0.2, 0.25) is 0 Å². The van der Waals surface area contributed by atoms with E-state index in [0.29, 0.717) is 19.2 Å². The molecule has 1 saturated heterocycles. The van der Waals surface area contributed by atoms with Gasteiger partial charge >= 0.3 is 12.4 Å². The van der Waals surface area contributed by atoms with Gasteiger partial charge in [-0.2, -0.15) is 26.3 Å². The van der Waals surface area contributed by atoms with Crippen LogP contribution in [0.5, 0.6) is 5.75 Å². The van der Waals surface area contributed by atoms with Crippen molar-refractivity contribution in [3.63, 3.8) is 0 Å². The third-order valence-electron chi connectivity index (χ3n) is 3.26. The summed E-state index contributed by atoms with van der Waals surface area (Å²) in [6.45, 7) is 0.539. The molecule has 0 radical (unpaired) electrons. The molecule has 1 fully saturated rings. The standard InChI is InChI=1S/C13H13F6NO2.ClH/c1-21-10-5-7(12(14,15)16)4-8(13(17,18)19)11(10)9-6-22-3-2-20-9;/h4-5,9,20H,2-3,6H2,1H3;1H/t9-;/m0./s1. The van der Waals surface area contributed by atoms with Crippen LogP contribution in [-0.4, -0.2) is 26.9 Å². The predicted octanol–water partition coefficient (Wildman–Crippen LogP) is 3.82. The first-order valence-corrected chi connectivity index (χ1v) is 6.32. The van der Waals surface area contributed by atoms with Crippen molar-refractivity contribution in [2.75, 3.05) is 26.9 Å². The highest BCUT2D eigenvalue weighted by Crippen LogP contribution is 2.43. The summed E-state index contributed by atoms with van der Waals surface area (Å²) in [6, 6.07) is -0.211. The number of alkyl halides is 6. The van der Waals surface area contributed by atoms with E-state index >= 15 is 0 Å². The van der Waals surface area contributed by atoms with Crippen LogP contribution in [0.15, 0.2) is 12.1 Å². The second-order valence-electron chi connectivity index (χ2n) is 4.72. The van der Waals surface area contributed by atoms with E-state index in [9.17, 15) is 26.3 Å². The van der Waals surface area contributed by atoms with Gasteiger partial charge in [0.2, 0.25) is 0 Å². The molecule has 1 aromatic rings. The van der Waals surface area contributed by atoms with Crippen LogP contribution in [-0.2, 0) is 17.1 Å². The molecule has 1 aliphatic rings. The minimum Gasteiger partial charge on any atom is -0.496 e. The SMILES string of the molecule is COc1cc(C(F)(F)F)cc(C(F)(F)F)c1[C@@H]1COCCN1.Cl. The van der Waals surface area contributed by atoms with E-state index < -0.39 is 35.3 Å². The zero-order valence-electron chi connectivity index (χ0n) is 11.8. The Hall–Kier alpha value is -1.19. The summed E-state index contributed by atoms with van der Waals surface area (Å²) in [6.07, 6.45) is -9.84. The molecule has 3 nitrogen and oxygen atoms in total. The van der Waals surface area contributed by atoms with Crippen molar-refractivity contribution in [3.8, 4) is 5.75 Å². The van der Waals surface area contributed by atoms with Gasteiger partial charge in [0.05, 0.1) is 37.5 Å². The number of methoxy groups -OCH3 is 1. The van der Waals surface area contributed by atoms with Crippen LogP contribution in [0.4, 0.5) is 26.3 Å². The molecule has 0 unspecified atom stereocenters. The van der Waals surface area contributed by atoms with Crippen LogP contribution in [0.3, 0.4) is 0 Å². The monoisotopic (exact) mass is 365 g/mol. The van der Waals surface area contributed by atoms with Gasteiger partial charge in [0.15, 0.2) is 0 Å². The number of benzene rings is 1. The molecule has 0 spiro atoms. The lowest BCUT2D eigenvalue weighted by molar-refractivity contribution is -0.144. The van der Waals surface area contributed by atoms with E-state index in [1.165, 1.54) is 0 Å². The Labute approximate surface area is 134 Å². The molecule has 132 valence electrons. The lowest BCUT2D eigenvalue weighted by Gasteiger charge is -2.28. The highest BCUT2D eigenvalue weighted by Gasteiger charge is 2.41. The lowest BCUT2D eigenvalue weighted by Crippen LogP contribution is -2.36. The molecule has 10 heteroatoms. The number of ether oxygens (including phenoxy) is 2. The van der Waals surface area contributed by atoms with Crippen molar-refractivity contribution in [1.29, 1.82) is 0 Å². The Morgan fingerprint density at radius 2 is 1.78 bits per heavy atom. The van der Waals surface area contributed by atoms with Gasteiger partial charge in [-0.25, -0.2) is 0 Å². The molecule has 1 N–H and O–H groups in total. The smallest absolute Gasteiger partial charge is 0.416 e. The zero-order valence-corrected chi connectivity index (χ0v) is 12.7. The second-order valence-corrected chi connectivity index (χ2v) is 4.72. The van der Waals surface area contributed by atoms with Crippen molar-refractivity contribution in [3.05, 3.63) is 28.8 Å². The van der Waals surface area contributed by atoms with Crippen LogP contribution in [0.25, 0.3) is 0 Å². The minimum absolute atomic E-state index is 0. The fourth-order valence-electron chi connectivity index (χ4n) is 2.30. The van der Waals surface area contributed by atoms with Crippen LogP contribution in [0, 0.1) is 0 Å². The van der Waals surface area contributed by atoms with Crippen molar-refractivity contribution in [2.45, 2.75) is 18.4 Å². The topological polar surface area (TPSA) is 30.5 Å². The minimum atomic E-state index is -4.94. The maximum absolute atomic E-state index is 13.2. The first-order valence-electron chi connectivity index (χ1n) is 6.32. The van der Waals surface area contributed by atoms with Gasteiger partial charge in [-0.15, -0.1) is 12.4 Å². The Bertz CT molecular complexity index is 540. The molecule has 0 aromatic heterocycles. The first kappa shape index (κ1) is 19.9. The summed E-state index contributed by atoms with van der Waals surface area (Å²) in [7, 11) is 1.03. The predicted molar refractivity (Wildman–Crippen MR) is 71.8 cm³/mol. The van der Waals surface area contributed by atoms with Gasteiger partial charge in [-0.05, 0) is 12.1 Å². The molecule has 0 aliphatic carbocycles. The van der Waals surface area contributed by atoms with Gasteiger partial charge in [0.25, 0.3) is 0 Å². The summed E-state index contributed by atoms with van der Waals surface area (Å²) in [4.78, 5) is 0. The summed E-state index contributed by atoms with van der Waals surface area (Å²) >= 11 is 0. The van der Waals surface area contributed by atoms with Gasteiger partial charge in [-0.1, -0.05) is 0 Å². The van der Waals surface area contributed by atoms with Crippen LogP contribution in [0.1, 0.15) is 22.7 Å². The van der Waals surface area contributed by atoms with E-state index in [1.807, 2.05) is 0 Å². The maximum atomic E-state index is 13.2. The Kier molecular flexibility index (Phi) is 6.17. The van der Waals surface area contributed by atoms with Crippen LogP contribution < -0.4 is 10.1 Å². The van der Waals surface area contributed by atoms with E-state index in [0.717, 1.165) is 7.11 Å². The van der Waals surface area contributed by atoms with Gasteiger partial charge in [-0.3, -0.25) is 0 Å². The quantitative estimate of drug-likeness (QED) is 0.808. The van der Waals surface area contributed by atoms with Crippen molar-refractivity contribution >= 4 is 12.4 Å². The number of rotatable bonds is 2. The number of hydrogen-bond acceptors (Lipinski definition) is 3. The molecule has 0 saturated carbocycles. The number of nitrogens with one attached hydrogen (secondary N) is 1. The third-order valence-corrected chi connectivity index (χ3v) is 3.26. The fourth-order valence-corrected chi connectivity index (χ4v) is 2.30. The first-order chi connectivity index (χ1) is 10.1. The van der Waals surface area contributed by atoms with Gasteiger partial charge in [0.1, 0.15) is 5.75 Å². The van der Waals surface area contributed by atoms with Gasteiger partial charge < -0.3 is 14.8 Å². The fraction of sp³-hybridized carbons (Fsp3) is 0.538. The number of hydrogen-bond donors (Lipinski definition) is 1. The highest BCUT2D eigenvalue weighted by atomic mass is 35.5. The Balaban J connectivity index is 0.00000264. The average Bonchev–Trinajstić information content (AvgIpc) is 2.44. The van der Waals surface area contributed by atoms with Crippen molar-refractivity contribution in [1.82, 2.24) is 5.32 Å². The molecule has 0 amide bonds. The van der Waals surface area contributed by atoms with Crippen LogP contribution >= 0.6 is 12.4 Å². The van der Waals surface area contributed by atoms with Crippen molar-refractivity contribution in [2.24, 2.45) is 0 Å². The molecule has 1 heterocycles. The van der Waals surface area contributed by atoms with E-state index in [-0.39, 0.29) is 30.6 Å². The number of halogens is 7. The normalized spacial score (nSPS) is 19.2. The summed E-state index contributed by atoms with van der Waals surface area (Å²) < 4.78 is 87.8. The molecule has 0 bridgehead atoms. The largest absolute Gasteiger partial charge is 0.496 e. The Morgan fingerprint density at radius 3 is 2.22 bits per heavy atom. The molecule has 23 heavy (non-hydrogen) atoms. The second kappa shape index (κ2) is 7.14. The Morgan fingerprint density at radius 1 is 1.13 bits per heavy atom. The molecule has 2 rings (SSSR count). The summed E-state index contributed by atoms with van der Waals surface area (Å²) in [5.41, 5.74) is -3.15.